The Balaban J connectivity index is 1.96. The van der Waals surface area contributed by atoms with Gasteiger partial charge in [-0.15, -0.1) is 0 Å². The fraction of sp³-hybridized carbons (Fsp3) is 0.133. The van der Waals surface area contributed by atoms with E-state index in [1.807, 2.05) is 0 Å². The normalized spacial score (nSPS) is 10.3. The largest absolute Gasteiger partial charge is 0.352 e. The van der Waals surface area contributed by atoms with Crippen molar-refractivity contribution < 1.29 is 9.18 Å². The molecule has 0 spiro atoms. The standard InChI is InChI=1S/C15H12ClFINO/c16-11-5-6-14(18)12(9-11)15(20)19-8-7-10-3-1-2-4-13(10)17/h1-6,9H,7-8H2,(H,19,20). The van der Waals surface area contributed by atoms with E-state index in [4.69, 9.17) is 11.6 Å². The number of amides is 1. The van der Waals surface area contributed by atoms with Crippen molar-refractivity contribution in [2.45, 2.75) is 6.42 Å². The SMILES string of the molecule is O=C(NCCc1ccccc1F)c1cc(Cl)ccc1I. The van der Waals surface area contributed by atoms with Crippen LogP contribution < -0.4 is 5.32 Å². The van der Waals surface area contributed by atoms with Crippen molar-refractivity contribution in [2.24, 2.45) is 0 Å². The molecule has 0 aromatic heterocycles. The molecule has 5 heteroatoms. The summed E-state index contributed by atoms with van der Waals surface area (Å²) in [6.45, 7) is 0.377. The number of nitrogens with one attached hydrogen (secondary N) is 1. The number of carbonyl (C=O) groups excluding carboxylic acids is 1. The van der Waals surface area contributed by atoms with Gasteiger partial charge in [0.25, 0.3) is 5.91 Å². The minimum atomic E-state index is -0.251. The maximum Gasteiger partial charge on any atom is 0.252 e. The van der Waals surface area contributed by atoms with Crippen LogP contribution in [0.3, 0.4) is 0 Å². The summed E-state index contributed by atoms with van der Waals surface area (Å²) in [5, 5.41) is 3.29. The van der Waals surface area contributed by atoms with Crippen LogP contribution in [-0.2, 0) is 6.42 Å². The summed E-state index contributed by atoms with van der Waals surface area (Å²) in [7, 11) is 0. The van der Waals surface area contributed by atoms with Gasteiger partial charge in [-0.25, -0.2) is 4.39 Å². The molecule has 0 radical (unpaired) electrons. The van der Waals surface area contributed by atoms with Crippen LogP contribution in [0.1, 0.15) is 15.9 Å². The molecule has 0 saturated heterocycles. The number of hydrogen-bond acceptors (Lipinski definition) is 1. The lowest BCUT2D eigenvalue weighted by Crippen LogP contribution is -2.26. The maximum atomic E-state index is 13.4. The Kier molecular flexibility index (Phi) is 5.37. The molecule has 2 aromatic carbocycles. The van der Waals surface area contributed by atoms with Crippen LogP contribution in [0.4, 0.5) is 4.39 Å². The third-order valence-electron chi connectivity index (χ3n) is 2.81. The Morgan fingerprint density at radius 2 is 2.00 bits per heavy atom. The monoisotopic (exact) mass is 403 g/mol. The van der Waals surface area contributed by atoms with Crippen LogP contribution in [0.2, 0.25) is 5.02 Å². The number of benzene rings is 2. The summed E-state index contributed by atoms with van der Waals surface area (Å²) in [6.07, 6.45) is 0.454. The molecular formula is C15H12ClFINO. The average Bonchev–Trinajstić information content (AvgIpc) is 2.43. The summed E-state index contributed by atoms with van der Waals surface area (Å²) in [4.78, 5) is 12.0. The number of rotatable bonds is 4. The van der Waals surface area contributed by atoms with Crippen molar-refractivity contribution in [3.8, 4) is 0 Å². The first-order valence-electron chi connectivity index (χ1n) is 6.04. The van der Waals surface area contributed by atoms with Crippen molar-refractivity contribution in [3.63, 3.8) is 0 Å². The van der Waals surface area contributed by atoms with Crippen molar-refractivity contribution >= 4 is 40.1 Å². The summed E-state index contributed by atoms with van der Waals surface area (Å²) in [5.74, 6) is -0.452. The highest BCUT2D eigenvalue weighted by Crippen LogP contribution is 2.17. The molecule has 0 fully saturated rings. The minimum Gasteiger partial charge on any atom is -0.352 e. The molecule has 2 rings (SSSR count). The summed E-state index contributed by atoms with van der Waals surface area (Å²) in [5.41, 5.74) is 1.13. The number of carbonyl (C=O) groups is 1. The van der Waals surface area contributed by atoms with E-state index >= 15 is 0 Å². The molecule has 1 N–H and O–H groups in total. The molecule has 20 heavy (non-hydrogen) atoms. The fourth-order valence-electron chi connectivity index (χ4n) is 1.78. The molecule has 1 amide bonds. The highest BCUT2D eigenvalue weighted by atomic mass is 127. The number of halogens is 3. The first-order valence-corrected chi connectivity index (χ1v) is 7.50. The van der Waals surface area contributed by atoms with Gasteiger partial charge in [0.1, 0.15) is 5.82 Å². The molecule has 2 nitrogen and oxygen atoms in total. The molecule has 0 heterocycles. The molecule has 0 aliphatic rings. The molecule has 104 valence electrons. The van der Waals surface area contributed by atoms with Gasteiger partial charge in [0, 0.05) is 15.1 Å². The lowest BCUT2D eigenvalue weighted by Gasteiger charge is -2.08. The van der Waals surface area contributed by atoms with Gasteiger partial charge >= 0.3 is 0 Å². The second-order valence-corrected chi connectivity index (χ2v) is 5.82. The van der Waals surface area contributed by atoms with Gasteiger partial charge < -0.3 is 5.32 Å². The summed E-state index contributed by atoms with van der Waals surface area (Å²) < 4.78 is 14.3. The van der Waals surface area contributed by atoms with E-state index in [0.29, 0.717) is 29.1 Å². The first-order chi connectivity index (χ1) is 9.58. The van der Waals surface area contributed by atoms with Crippen molar-refractivity contribution in [2.75, 3.05) is 6.54 Å². The lowest BCUT2D eigenvalue weighted by atomic mass is 10.1. The highest BCUT2D eigenvalue weighted by molar-refractivity contribution is 14.1. The zero-order valence-electron chi connectivity index (χ0n) is 10.5. The van der Waals surface area contributed by atoms with Gasteiger partial charge in [-0.05, 0) is 58.8 Å². The second kappa shape index (κ2) is 7.04. The zero-order chi connectivity index (χ0) is 14.5. The van der Waals surface area contributed by atoms with Crippen LogP contribution in [0.5, 0.6) is 0 Å². The Morgan fingerprint density at radius 3 is 2.75 bits per heavy atom. The summed E-state index contributed by atoms with van der Waals surface area (Å²) in [6, 6.07) is 11.7. The quantitative estimate of drug-likeness (QED) is 0.767. The molecule has 0 saturated carbocycles. The minimum absolute atomic E-state index is 0.201. The topological polar surface area (TPSA) is 29.1 Å². The van der Waals surface area contributed by atoms with Gasteiger partial charge in [-0.2, -0.15) is 0 Å². The Morgan fingerprint density at radius 1 is 1.25 bits per heavy atom. The van der Waals surface area contributed by atoms with Gasteiger partial charge in [-0.1, -0.05) is 29.8 Å². The van der Waals surface area contributed by atoms with Crippen LogP contribution in [-0.4, -0.2) is 12.5 Å². The maximum absolute atomic E-state index is 13.4. The molecule has 0 atom stereocenters. The van der Waals surface area contributed by atoms with Crippen molar-refractivity contribution in [1.82, 2.24) is 5.32 Å². The van der Waals surface area contributed by atoms with E-state index in [0.717, 1.165) is 3.57 Å². The van der Waals surface area contributed by atoms with Crippen molar-refractivity contribution in [1.29, 1.82) is 0 Å². The molecule has 0 aliphatic carbocycles. The fourth-order valence-corrected chi connectivity index (χ4v) is 2.53. The third-order valence-corrected chi connectivity index (χ3v) is 3.99. The van der Waals surface area contributed by atoms with Gasteiger partial charge in [-0.3, -0.25) is 4.79 Å². The van der Waals surface area contributed by atoms with E-state index in [1.165, 1.54) is 6.07 Å². The molecule has 0 bridgehead atoms. The van der Waals surface area contributed by atoms with E-state index in [2.05, 4.69) is 27.9 Å². The smallest absolute Gasteiger partial charge is 0.252 e. The van der Waals surface area contributed by atoms with Gasteiger partial charge in [0.15, 0.2) is 0 Å². The molecule has 2 aromatic rings. The Labute approximate surface area is 135 Å². The van der Waals surface area contributed by atoms with Gasteiger partial charge in [0.2, 0.25) is 0 Å². The van der Waals surface area contributed by atoms with Crippen LogP contribution in [0.15, 0.2) is 42.5 Å². The predicted molar refractivity (Wildman–Crippen MR) is 86.6 cm³/mol. The van der Waals surface area contributed by atoms with E-state index in [9.17, 15) is 9.18 Å². The van der Waals surface area contributed by atoms with Gasteiger partial charge in [0.05, 0.1) is 5.56 Å². The summed E-state index contributed by atoms with van der Waals surface area (Å²) >= 11 is 7.96. The molecular weight excluding hydrogens is 392 g/mol. The molecule has 0 unspecified atom stereocenters. The third kappa shape index (κ3) is 3.93. The Bertz CT molecular complexity index is 633. The van der Waals surface area contributed by atoms with Crippen LogP contribution >= 0.6 is 34.2 Å². The second-order valence-electron chi connectivity index (χ2n) is 4.22. The van der Waals surface area contributed by atoms with E-state index < -0.39 is 0 Å². The lowest BCUT2D eigenvalue weighted by molar-refractivity contribution is 0.0953. The predicted octanol–water partition coefficient (Wildman–Crippen LogP) is 4.06. The first kappa shape index (κ1) is 15.3. The van der Waals surface area contributed by atoms with E-state index in [1.54, 1.807) is 36.4 Å². The van der Waals surface area contributed by atoms with Crippen LogP contribution in [0, 0.1) is 9.39 Å². The number of hydrogen-bond donors (Lipinski definition) is 1. The molecule has 0 aliphatic heterocycles. The average molecular weight is 404 g/mol. The zero-order valence-corrected chi connectivity index (χ0v) is 13.4. The van der Waals surface area contributed by atoms with Crippen molar-refractivity contribution in [3.05, 3.63) is 68.0 Å². The van der Waals surface area contributed by atoms with Crippen LogP contribution in [0.25, 0.3) is 0 Å². The van der Waals surface area contributed by atoms with E-state index in [-0.39, 0.29) is 11.7 Å². The Hall–Kier alpha value is -1.14. The highest BCUT2D eigenvalue weighted by Gasteiger charge is 2.10.